The molecule has 0 aliphatic carbocycles. The van der Waals surface area contributed by atoms with Crippen LogP contribution in [0.1, 0.15) is 30.2 Å². The fourth-order valence-corrected chi connectivity index (χ4v) is 2.95. The lowest BCUT2D eigenvalue weighted by Crippen LogP contribution is -2.13. The molecule has 7 nitrogen and oxygen atoms in total. The van der Waals surface area contributed by atoms with Crippen LogP contribution in [0, 0.1) is 0 Å². The molecule has 0 bridgehead atoms. The van der Waals surface area contributed by atoms with Gasteiger partial charge in [-0.1, -0.05) is 30.3 Å². The topological polar surface area (TPSA) is 81.9 Å². The van der Waals surface area contributed by atoms with Crippen LogP contribution < -0.4 is 10.1 Å². The highest BCUT2D eigenvalue weighted by Gasteiger charge is 2.13. The predicted molar refractivity (Wildman–Crippen MR) is 115 cm³/mol. The Balaban J connectivity index is 1.52. The van der Waals surface area contributed by atoms with E-state index in [2.05, 4.69) is 20.5 Å². The van der Waals surface area contributed by atoms with E-state index in [1.807, 2.05) is 60.9 Å². The van der Waals surface area contributed by atoms with Crippen LogP contribution in [0.15, 0.2) is 79.1 Å². The number of pyridine rings is 1. The molecule has 0 fully saturated rings. The Labute approximate surface area is 174 Å². The minimum Gasteiger partial charge on any atom is -0.457 e. The molecule has 0 aliphatic heterocycles. The molecule has 2 aromatic heterocycles. The monoisotopic (exact) mass is 399 g/mol. The molecule has 2 aromatic carbocycles. The summed E-state index contributed by atoms with van der Waals surface area (Å²) in [7, 11) is 0. The first-order chi connectivity index (χ1) is 14.6. The average molecular weight is 399 g/mol. The van der Waals surface area contributed by atoms with Crippen LogP contribution in [-0.2, 0) is 0 Å². The van der Waals surface area contributed by atoms with Crippen molar-refractivity contribution in [2.75, 3.05) is 5.32 Å². The minimum absolute atomic E-state index is 0.197. The number of nitrogens with zero attached hydrogens (tertiary/aromatic N) is 4. The first-order valence-corrected chi connectivity index (χ1v) is 9.61. The summed E-state index contributed by atoms with van der Waals surface area (Å²) in [5.41, 5.74) is 1.11. The lowest BCUT2D eigenvalue weighted by molar-refractivity contribution is 0.102. The zero-order chi connectivity index (χ0) is 20.9. The number of aromatic nitrogens is 4. The highest BCUT2D eigenvalue weighted by Crippen LogP contribution is 2.23. The number of rotatable bonds is 6. The summed E-state index contributed by atoms with van der Waals surface area (Å²) in [6.07, 6.45) is 1.67. The van der Waals surface area contributed by atoms with Crippen LogP contribution in [0.4, 0.5) is 5.82 Å². The molecule has 4 rings (SSSR count). The summed E-state index contributed by atoms with van der Waals surface area (Å²) in [6, 6.07) is 22.0. The van der Waals surface area contributed by atoms with Gasteiger partial charge in [-0.15, -0.1) is 10.2 Å². The Morgan fingerprint density at radius 3 is 2.53 bits per heavy atom. The fraction of sp³-hybridized carbons (Fsp3) is 0.130. The molecule has 1 amide bonds. The number of carbonyl (C=O) groups excluding carboxylic acids is 1. The Bertz CT molecular complexity index is 1150. The van der Waals surface area contributed by atoms with Gasteiger partial charge in [-0.25, -0.2) is 4.98 Å². The molecule has 0 saturated heterocycles. The number of ether oxygens (including phenoxy) is 1. The van der Waals surface area contributed by atoms with Crippen molar-refractivity contribution in [3.63, 3.8) is 0 Å². The minimum atomic E-state index is -0.275. The van der Waals surface area contributed by atoms with Crippen LogP contribution in [0.2, 0.25) is 0 Å². The summed E-state index contributed by atoms with van der Waals surface area (Å²) in [4.78, 5) is 17.3. The highest BCUT2D eigenvalue weighted by molar-refractivity contribution is 6.04. The van der Waals surface area contributed by atoms with Crippen molar-refractivity contribution in [3.8, 4) is 23.0 Å². The van der Waals surface area contributed by atoms with Crippen molar-refractivity contribution < 1.29 is 9.53 Å². The normalized spacial score (nSPS) is 10.8. The zero-order valence-electron chi connectivity index (χ0n) is 16.7. The fourth-order valence-electron chi connectivity index (χ4n) is 2.95. The second-order valence-corrected chi connectivity index (χ2v) is 6.96. The maximum absolute atomic E-state index is 12.8. The summed E-state index contributed by atoms with van der Waals surface area (Å²) in [6.45, 7) is 4.09. The Hall–Kier alpha value is -4.00. The van der Waals surface area contributed by atoms with Gasteiger partial charge in [0, 0.05) is 11.6 Å². The first-order valence-electron chi connectivity index (χ1n) is 9.61. The van der Waals surface area contributed by atoms with E-state index in [0.29, 0.717) is 34.4 Å². The van der Waals surface area contributed by atoms with Crippen LogP contribution in [0.5, 0.6) is 11.5 Å². The molecule has 0 spiro atoms. The summed E-state index contributed by atoms with van der Waals surface area (Å²) in [5.74, 6) is 2.10. The smallest absolute Gasteiger partial charge is 0.256 e. The van der Waals surface area contributed by atoms with Crippen molar-refractivity contribution in [2.24, 2.45) is 0 Å². The van der Waals surface area contributed by atoms with Gasteiger partial charge < -0.3 is 14.6 Å². The van der Waals surface area contributed by atoms with E-state index in [9.17, 15) is 4.79 Å². The van der Waals surface area contributed by atoms with Crippen molar-refractivity contribution in [2.45, 2.75) is 19.9 Å². The maximum Gasteiger partial charge on any atom is 0.256 e. The summed E-state index contributed by atoms with van der Waals surface area (Å²) in [5, 5.41) is 11.0. The molecule has 150 valence electrons. The van der Waals surface area contributed by atoms with Gasteiger partial charge in [-0.05, 0) is 56.3 Å². The molecular formula is C23H21N5O2. The summed E-state index contributed by atoms with van der Waals surface area (Å²) >= 11 is 0. The van der Waals surface area contributed by atoms with Gasteiger partial charge in [0.15, 0.2) is 5.82 Å². The van der Waals surface area contributed by atoms with Gasteiger partial charge in [0.1, 0.15) is 29.3 Å². The first kappa shape index (κ1) is 19.3. The average Bonchev–Trinajstić information content (AvgIpc) is 3.25. The van der Waals surface area contributed by atoms with E-state index >= 15 is 0 Å². The van der Waals surface area contributed by atoms with E-state index in [1.54, 1.807) is 36.7 Å². The summed E-state index contributed by atoms with van der Waals surface area (Å²) < 4.78 is 7.74. The number of hydrogen-bond donors (Lipinski definition) is 1. The lowest BCUT2D eigenvalue weighted by Gasteiger charge is -2.11. The Morgan fingerprint density at radius 1 is 0.967 bits per heavy atom. The molecule has 7 heteroatoms. The highest BCUT2D eigenvalue weighted by atomic mass is 16.5. The molecule has 0 saturated carbocycles. The van der Waals surface area contributed by atoms with E-state index in [0.717, 1.165) is 0 Å². The van der Waals surface area contributed by atoms with E-state index in [-0.39, 0.29) is 11.9 Å². The van der Waals surface area contributed by atoms with Crippen molar-refractivity contribution in [1.82, 2.24) is 19.7 Å². The molecule has 4 aromatic rings. The molecular weight excluding hydrogens is 378 g/mol. The van der Waals surface area contributed by atoms with E-state index in [4.69, 9.17) is 4.74 Å². The van der Waals surface area contributed by atoms with Gasteiger partial charge in [-0.3, -0.25) is 4.79 Å². The van der Waals surface area contributed by atoms with E-state index in [1.165, 1.54) is 0 Å². The standard InChI is InChI=1S/C23H21N5O2/c1-16(2)28-15-24-27-22(28)20-12-7-13-21(25-20)26-23(29)17-8-6-11-19(14-17)30-18-9-4-3-5-10-18/h3-16H,1-2H3,(H,25,26,29). The molecule has 0 aliphatic rings. The number of amides is 1. The quantitative estimate of drug-likeness (QED) is 0.495. The van der Waals surface area contributed by atoms with Crippen molar-refractivity contribution in [1.29, 1.82) is 0 Å². The van der Waals surface area contributed by atoms with Gasteiger partial charge in [0.25, 0.3) is 5.91 Å². The number of benzene rings is 2. The largest absolute Gasteiger partial charge is 0.457 e. The third kappa shape index (κ3) is 4.35. The van der Waals surface area contributed by atoms with Crippen LogP contribution in [0.25, 0.3) is 11.5 Å². The molecule has 0 radical (unpaired) electrons. The molecule has 0 unspecified atom stereocenters. The zero-order valence-corrected chi connectivity index (χ0v) is 16.7. The van der Waals surface area contributed by atoms with Crippen LogP contribution >= 0.6 is 0 Å². The molecule has 0 atom stereocenters. The SMILES string of the molecule is CC(C)n1cnnc1-c1cccc(NC(=O)c2cccc(Oc3ccccc3)c2)n1. The van der Waals surface area contributed by atoms with Gasteiger partial charge in [0.05, 0.1) is 0 Å². The van der Waals surface area contributed by atoms with Gasteiger partial charge >= 0.3 is 0 Å². The third-order valence-corrected chi connectivity index (χ3v) is 4.42. The number of carbonyl (C=O) groups is 1. The van der Waals surface area contributed by atoms with Crippen LogP contribution in [-0.4, -0.2) is 25.7 Å². The Morgan fingerprint density at radius 2 is 1.73 bits per heavy atom. The number of anilines is 1. The molecule has 2 heterocycles. The number of para-hydroxylation sites is 1. The molecule has 30 heavy (non-hydrogen) atoms. The lowest BCUT2D eigenvalue weighted by atomic mass is 10.2. The van der Waals surface area contributed by atoms with Crippen LogP contribution in [0.3, 0.4) is 0 Å². The Kier molecular flexibility index (Phi) is 5.52. The van der Waals surface area contributed by atoms with Crippen molar-refractivity contribution >= 4 is 11.7 Å². The van der Waals surface area contributed by atoms with Crippen molar-refractivity contribution in [3.05, 3.63) is 84.7 Å². The van der Waals surface area contributed by atoms with E-state index < -0.39 is 0 Å². The number of nitrogens with one attached hydrogen (secondary N) is 1. The third-order valence-electron chi connectivity index (χ3n) is 4.42. The van der Waals surface area contributed by atoms with Gasteiger partial charge in [-0.2, -0.15) is 0 Å². The second kappa shape index (κ2) is 8.57. The second-order valence-electron chi connectivity index (χ2n) is 6.96. The maximum atomic E-state index is 12.8. The predicted octanol–water partition coefficient (Wildman–Crippen LogP) is 4.97. The van der Waals surface area contributed by atoms with Gasteiger partial charge in [0.2, 0.25) is 0 Å². The molecule has 1 N–H and O–H groups in total. The number of hydrogen-bond acceptors (Lipinski definition) is 5.